The summed E-state index contributed by atoms with van der Waals surface area (Å²) in [5.41, 5.74) is 0. The Bertz CT molecular complexity index is 217. The first-order valence-corrected chi connectivity index (χ1v) is 5.14. The van der Waals surface area contributed by atoms with Gasteiger partial charge in [-0.25, -0.2) is 4.79 Å². The van der Waals surface area contributed by atoms with E-state index in [1.54, 1.807) is 0 Å². The average Bonchev–Trinajstić information content (AvgIpc) is 2.21. The number of hydrogen-bond donors (Lipinski definition) is 1. The minimum absolute atomic E-state index is 0.0102. The van der Waals surface area contributed by atoms with Crippen LogP contribution in [0.15, 0.2) is 0 Å². The van der Waals surface area contributed by atoms with Crippen molar-refractivity contribution in [3.05, 3.63) is 0 Å². The molecule has 0 rings (SSSR count). The van der Waals surface area contributed by atoms with Crippen LogP contribution in [0.3, 0.4) is 0 Å². The van der Waals surface area contributed by atoms with E-state index >= 15 is 0 Å². The van der Waals surface area contributed by atoms with Gasteiger partial charge in [-0.15, -0.1) is 0 Å². The summed E-state index contributed by atoms with van der Waals surface area (Å²) in [5.74, 6) is -0.407. The summed E-state index contributed by atoms with van der Waals surface area (Å²) in [6, 6.07) is -0.252. The molecule has 1 N–H and O–H groups in total. The van der Waals surface area contributed by atoms with E-state index in [9.17, 15) is 9.59 Å². The van der Waals surface area contributed by atoms with E-state index in [0.717, 1.165) is 6.42 Å². The van der Waals surface area contributed by atoms with Gasteiger partial charge in [-0.2, -0.15) is 0 Å². The number of amides is 2. The molecule has 0 heterocycles. The number of carbonyl (C=O) groups is 2. The van der Waals surface area contributed by atoms with Gasteiger partial charge in [0.05, 0.1) is 7.11 Å². The minimum atomic E-state index is -0.407. The molecule has 15 heavy (non-hydrogen) atoms. The van der Waals surface area contributed by atoms with Crippen LogP contribution in [0.25, 0.3) is 0 Å². The van der Waals surface area contributed by atoms with Crippen LogP contribution in [-0.4, -0.2) is 43.1 Å². The number of nitrogens with one attached hydrogen (secondary N) is 1. The number of nitrogens with zero attached hydrogens (tertiary/aromatic N) is 1. The first kappa shape index (κ1) is 13.7. The van der Waals surface area contributed by atoms with Crippen molar-refractivity contribution in [2.75, 3.05) is 20.2 Å². The SMILES string of the molecule is CCCNC(=O)N(CC(=O)OC)C(C)C. The van der Waals surface area contributed by atoms with Crippen LogP contribution in [0.4, 0.5) is 4.79 Å². The molecule has 0 bridgehead atoms. The second kappa shape index (κ2) is 7.09. The number of urea groups is 1. The van der Waals surface area contributed by atoms with E-state index in [4.69, 9.17) is 0 Å². The molecule has 0 aliphatic rings. The highest BCUT2D eigenvalue weighted by molar-refractivity contribution is 5.81. The van der Waals surface area contributed by atoms with Gasteiger partial charge in [0, 0.05) is 12.6 Å². The standard InChI is InChI=1S/C10H20N2O3/c1-5-6-11-10(14)12(8(2)3)7-9(13)15-4/h8H,5-7H2,1-4H3,(H,11,14). The molecule has 0 saturated carbocycles. The summed E-state index contributed by atoms with van der Waals surface area (Å²) in [6.45, 7) is 6.29. The summed E-state index contributed by atoms with van der Waals surface area (Å²) < 4.78 is 4.52. The Labute approximate surface area is 90.8 Å². The summed E-state index contributed by atoms with van der Waals surface area (Å²) >= 11 is 0. The third-order valence-electron chi connectivity index (χ3n) is 1.94. The minimum Gasteiger partial charge on any atom is -0.468 e. The van der Waals surface area contributed by atoms with Gasteiger partial charge in [0.2, 0.25) is 0 Å². The third kappa shape index (κ3) is 5.24. The molecule has 0 unspecified atom stereocenters. The maximum absolute atomic E-state index is 11.6. The van der Waals surface area contributed by atoms with E-state index in [0.29, 0.717) is 6.54 Å². The van der Waals surface area contributed by atoms with E-state index in [1.807, 2.05) is 20.8 Å². The van der Waals surface area contributed by atoms with E-state index in [1.165, 1.54) is 12.0 Å². The van der Waals surface area contributed by atoms with Crippen molar-refractivity contribution >= 4 is 12.0 Å². The largest absolute Gasteiger partial charge is 0.468 e. The first-order valence-electron chi connectivity index (χ1n) is 5.14. The molecule has 88 valence electrons. The third-order valence-corrected chi connectivity index (χ3v) is 1.94. The molecule has 5 nitrogen and oxygen atoms in total. The Hall–Kier alpha value is -1.26. The molecular formula is C10H20N2O3. The van der Waals surface area contributed by atoms with Crippen LogP contribution in [0.5, 0.6) is 0 Å². The zero-order valence-electron chi connectivity index (χ0n) is 9.87. The Balaban J connectivity index is 4.25. The summed E-state index contributed by atoms with van der Waals surface area (Å²) in [5, 5.41) is 2.72. The smallest absolute Gasteiger partial charge is 0.325 e. The van der Waals surface area contributed by atoms with Crippen LogP contribution < -0.4 is 5.32 Å². The summed E-state index contributed by atoms with van der Waals surface area (Å²) in [4.78, 5) is 24.1. The fourth-order valence-corrected chi connectivity index (χ4v) is 1.03. The molecular weight excluding hydrogens is 196 g/mol. The van der Waals surface area contributed by atoms with Crippen LogP contribution in [0, 0.1) is 0 Å². The van der Waals surface area contributed by atoms with Crippen molar-refractivity contribution in [1.82, 2.24) is 10.2 Å². The van der Waals surface area contributed by atoms with Crippen molar-refractivity contribution < 1.29 is 14.3 Å². The van der Waals surface area contributed by atoms with Gasteiger partial charge in [0.1, 0.15) is 6.54 Å². The average molecular weight is 216 g/mol. The maximum atomic E-state index is 11.6. The maximum Gasteiger partial charge on any atom is 0.325 e. The van der Waals surface area contributed by atoms with E-state index in [2.05, 4.69) is 10.1 Å². The Morgan fingerprint density at radius 3 is 2.40 bits per heavy atom. The molecule has 0 aromatic carbocycles. The lowest BCUT2D eigenvalue weighted by Crippen LogP contribution is -2.46. The molecule has 0 aromatic heterocycles. The van der Waals surface area contributed by atoms with Crippen molar-refractivity contribution in [2.45, 2.75) is 33.2 Å². The van der Waals surface area contributed by atoms with Gasteiger partial charge in [0.25, 0.3) is 0 Å². The number of ether oxygens (including phenoxy) is 1. The summed E-state index contributed by atoms with van der Waals surface area (Å²) in [7, 11) is 1.31. The van der Waals surface area contributed by atoms with Crippen molar-refractivity contribution in [2.24, 2.45) is 0 Å². The fourth-order valence-electron chi connectivity index (χ4n) is 1.03. The van der Waals surface area contributed by atoms with Crippen LogP contribution in [0.2, 0.25) is 0 Å². The van der Waals surface area contributed by atoms with Crippen molar-refractivity contribution in [3.8, 4) is 0 Å². The summed E-state index contributed by atoms with van der Waals surface area (Å²) in [6.07, 6.45) is 0.871. The van der Waals surface area contributed by atoms with Gasteiger partial charge < -0.3 is 15.0 Å². The predicted molar refractivity (Wildman–Crippen MR) is 57.5 cm³/mol. The molecule has 2 amide bonds. The molecule has 5 heteroatoms. The quantitative estimate of drug-likeness (QED) is 0.697. The number of rotatable bonds is 5. The Kier molecular flexibility index (Phi) is 6.49. The highest BCUT2D eigenvalue weighted by atomic mass is 16.5. The first-order chi connectivity index (χ1) is 7.02. The van der Waals surface area contributed by atoms with Crippen LogP contribution >= 0.6 is 0 Å². The highest BCUT2D eigenvalue weighted by Crippen LogP contribution is 1.99. The van der Waals surface area contributed by atoms with Gasteiger partial charge in [-0.1, -0.05) is 6.92 Å². The van der Waals surface area contributed by atoms with E-state index in [-0.39, 0.29) is 18.6 Å². The van der Waals surface area contributed by atoms with Gasteiger partial charge in [0.15, 0.2) is 0 Å². The lowest BCUT2D eigenvalue weighted by molar-refractivity contribution is -0.141. The predicted octanol–water partition coefficient (Wildman–Crippen LogP) is 0.989. The topological polar surface area (TPSA) is 58.6 Å². The number of carbonyl (C=O) groups excluding carboxylic acids is 2. The normalized spacial score (nSPS) is 9.93. The molecule has 0 aliphatic heterocycles. The van der Waals surface area contributed by atoms with Crippen molar-refractivity contribution in [3.63, 3.8) is 0 Å². The second-order valence-electron chi connectivity index (χ2n) is 3.53. The van der Waals surface area contributed by atoms with Crippen LogP contribution in [0.1, 0.15) is 27.2 Å². The Morgan fingerprint density at radius 2 is 2.00 bits per heavy atom. The van der Waals surface area contributed by atoms with Gasteiger partial charge >= 0.3 is 12.0 Å². The second-order valence-corrected chi connectivity index (χ2v) is 3.53. The van der Waals surface area contributed by atoms with Crippen molar-refractivity contribution in [1.29, 1.82) is 0 Å². The zero-order valence-corrected chi connectivity index (χ0v) is 9.87. The molecule has 0 aliphatic carbocycles. The number of methoxy groups -OCH3 is 1. The number of esters is 1. The molecule has 0 saturated heterocycles. The van der Waals surface area contributed by atoms with Crippen LogP contribution in [-0.2, 0) is 9.53 Å². The van der Waals surface area contributed by atoms with E-state index < -0.39 is 5.97 Å². The molecule has 0 fully saturated rings. The zero-order chi connectivity index (χ0) is 11.8. The van der Waals surface area contributed by atoms with Gasteiger partial charge in [-0.05, 0) is 20.3 Å². The molecule has 0 spiro atoms. The number of hydrogen-bond acceptors (Lipinski definition) is 3. The van der Waals surface area contributed by atoms with Gasteiger partial charge in [-0.3, -0.25) is 4.79 Å². The lowest BCUT2D eigenvalue weighted by atomic mass is 10.3. The molecule has 0 radical (unpaired) electrons. The monoisotopic (exact) mass is 216 g/mol. The highest BCUT2D eigenvalue weighted by Gasteiger charge is 2.19. The lowest BCUT2D eigenvalue weighted by Gasteiger charge is -2.25. The fraction of sp³-hybridized carbons (Fsp3) is 0.800. The Morgan fingerprint density at radius 1 is 1.40 bits per heavy atom. The molecule has 0 atom stereocenters. The molecule has 0 aromatic rings.